The zero-order valence-electron chi connectivity index (χ0n) is 16.2. The largest absolute Gasteiger partial charge is 0.493 e. The van der Waals surface area contributed by atoms with Crippen LogP contribution in [0, 0.1) is 0 Å². The highest BCUT2D eigenvalue weighted by Crippen LogP contribution is 2.29. The third-order valence-corrected chi connectivity index (χ3v) is 5.29. The summed E-state index contributed by atoms with van der Waals surface area (Å²) in [6, 6.07) is 11.4. The number of ether oxygens (including phenoxy) is 3. The van der Waals surface area contributed by atoms with Crippen LogP contribution in [0.3, 0.4) is 0 Å². The SMILES string of the molecule is CC[S@@](=O)c1ccccc1C(=O)O[C@@H](C)C(=O)Nc1ccc(OC)c(OC)c1. The Bertz CT molecular complexity index is 883. The van der Waals surface area contributed by atoms with Crippen LogP contribution < -0.4 is 14.8 Å². The molecule has 2 rings (SSSR count). The number of rotatable bonds is 8. The van der Waals surface area contributed by atoms with Gasteiger partial charge in [0.1, 0.15) is 0 Å². The molecule has 8 heteroatoms. The lowest BCUT2D eigenvalue weighted by Gasteiger charge is -2.15. The lowest BCUT2D eigenvalue weighted by atomic mass is 10.2. The van der Waals surface area contributed by atoms with Crippen molar-refractivity contribution in [2.75, 3.05) is 25.3 Å². The average molecular weight is 405 g/mol. The fourth-order valence-electron chi connectivity index (χ4n) is 2.42. The van der Waals surface area contributed by atoms with Gasteiger partial charge in [0.2, 0.25) is 0 Å². The molecule has 0 fully saturated rings. The number of benzene rings is 2. The molecule has 0 heterocycles. The molecule has 2 aromatic rings. The number of carbonyl (C=O) groups is 2. The Morgan fingerprint density at radius 1 is 1.07 bits per heavy atom. The average Bonchev–Trinajstić information content (AvgIpc) is 2.72. The second-order valence-corrected chi connectivity index (χ2v) is 7.45. The van der Waals surface area contributed by atoms with Crippen LogP contribution in [0.15, 0.2) is 47.4 Å². The molecular formula is C20H23NO6S. The summed E-state index contributed by atoms with van der Waals surface area (Å²) in [5.74, 6) is 0.156. The normalized spacial score (nSPS) is 12.6. The van der Waals surface area contributed by atoms with Gasteiger partial charge < -0.3 is 19.5 Å². The van der Waals surface area contributed by atoms with Crippen LogP contribution in [0.25, 0.3) is 0 Å². The summed E-state index contributed by atoms with van der Waals surface area (Å²) in [5.41, 5.74) is 0.659. The molecule has 150 valence electrons. The molecule has 0 saturated heterocycles. The number of amides is 1. The smallest absolute Gasteiger partial charge is 0.340 e. The van der Waals surface area contributed by atoms with E-state index >= 15 is 0 Å². The molecule has 28 heavy (non-hydrogen) atoms. The third kappa shape index (κ3) is 5.10. The van der Waals surface area contributed by atoms with Crippen LogP contribution in [0.1, 0.15) is 24.2 Å². The number of esters is 1. The van der Waals surface area contributed by atoms with Crippen LogP contribution in [0.5, 0.6) is 11.5 Å². The molecule has 0 saturated carbocycles. The Morgan fingerprint density at radius 3 is 2.39 bits per heavy atom. The molecule has 2 atom stereocenters. The summed E-state index contributed by atoms with van der Waals surface area (Å²) in [7, 11) is 1.69. The summed E-state index contributed by atoms with van der Waals surface area (Å²) in [6.07, 6.45) is -1.05. The number of anilines is 1. The zero-order valence-corrected chi connectivity index (χ0v) is 17.0. The van der Waals surface area contributed by atoms with Crippen LogP contribution in [-0.2, 0) is 20.3 Å². The third-order valence-electron chi connectivity index (χ3n) is 3.92. The molecule has 0 radical (unpaired) electrons. The molecule has 0 aliphatic carbocycles. The van der Waals surface area contributed by atoms with Crippen molar-refractivity contribution in [2.24, 2.45) is 0 Å². The monoisotopic (exact) mass is 405 g/mol. The topological polar surface area (TPSA) is 90.9 Å². The van der Waals surface area contributed by atoms with Gasteiger partial charge >= 0.3 is 5.97 Å². The van der Waals surface area contributed by atoms with Gasteiger partial charge in [0.15, 0.2) is 17.6 Å². The molecule has 0 aromatic heterocycles. The van der Waals surface area contributed by atoms with Crippen LogP contribution in [0.4, 0.5) is 5.69 Å². The standard InChI is InChI=1S/C20H23NO6S/c1-5-28(24)18-9-7-6-8-15(18)20(23)27-13(2)19(22)21-14-10-11-16(25-3)17(12-14)26-4/h6-13H,5H2,1-4H3,(H,21,22)/t13-,28+/m0/s1. The summed E-state index contributed by atoms with van der Waals surface area (Å²) in [6.45, 7) is 3.23. The Labute approximate surface area is 166 Å². The van der Waals surface area contributed by atoms with Crippen molar-refractivity contribution in [2.45, 2.75) is 24.8 Å². The minimum atomic E-state index is -1.31. The van der Waals surface area contributed by atoms with E-state index in [1.165, 1.54) is 27.2 Å². The van der Waals surface area contributed by atoms with E-state index in [0.29, 0.717) is 27.8 Å². The first kappa shape index (κ1) is 21.4. The maximum atomic E-state index is 12.5. The zero-order chi connectivity index (χ0) is 20.7. The minimum Gasteiger partial charge on any atom is -0.493 e. The molecule has 0 bridgehead atoms. The summed E-state index contributed by atoms with van der Waals surface area (Å²) in [5, 5.41) is 2.66. The lowest BCUT2D eigenvalue weighted by Crippen LogP contribution is -2.30. The molecule has 2 aromatic carbocycles. The van der Waals surface area contributed by atoms with Gasteiger partial charge in [0, 0.05) is 17.5 Å². The number of carbonyl (C=O) groups excluding carboxylic acids is 2. The molecular weight excluding hydrogens is 382 g/mol. The summed E-state index contributed by atoms with van der Waals surface area (Å²) >= 11 is 0. The maximum absolute atomic E-state index is 12.5. The quantitative estimate of drug-likeness (QED) is 0.679. The van der Waals surface area contributed by atoms with Crippen LogP contribution in [0.2, 0.25) is 0 Å². The van der Waals surface area contributed by atoms with E-state index in [-0.39, 0.29) is 5.56 Å². The fourth-order valence-corrected chi connectivity index (χ4v) is 3.36. The van der Waals surface area contributed by atoms with Gasteiger partial charge in [-0.3, -0.25) is 9.00 Å². The number of methoxy groups -OCH3 is 2. The second kappa shape index (κ2) is 9.89. The first-order chi connectivity index (χ1) is 13.4. The van der Waals surface area contributed by atoms with Gasteiger partial charge in [-0.15, -0.1) is 0 Å². The van der Waals surface area contributed by atoms with E-state index in [9.17, 15) is 13.8 Å². The Kier molecular flexibility index (Phi) is 7.57. The minimum absolute atomic E-state index is 0.188. The maximum Gasteiger partial charge on any atom is 0.340 e. The van der Waals surface area contributed by atoms with Crippen LogP contribution in [-0.4, -0.2) is 42.2 Å². The van der Waals surface area contributed by atoms with Gasteiger partial charge in [-0.05, 0) is 31.2 Å². The molecule has 1 amide bonds. The molecule has 7 nitrogen and oxygen atoms in total. The number of hydrogen-bond acceptors (Lipinski definition) is 6. The first-order valence-electron chi connectivity index (χ1n) is 8.62. The Hall–Kier alpha value is -2.87. The number of nitrogens with one attached hydrogen (secondary N) is 1. The van der Waals surface area contributed by atoms with E-state index in [1.54, 1.807) is 43.3 Å². The highest BCUT2D eigenvalue weighted by Gasteiger charge is 2.22. The van der Waals surface area contributed by atoms with Gasteiger partial charge in [0.05, 0.1) is 35.5 Å². The van der Waals surface area contributed by atoms with E-state index < -0.39 is 28.8 Å². The van der Waals surface area contributed by atoms with Crippen molar-refractivity contribution in [1.82, 2.24) is 0 Å². The molecule has 0 aliphatic rings. The van der Waals surface area contributed by atoms with Crippen molar-refractivity contribution in [1.29, 1.82) is 0 Å². The van der Waals surface area contributed by atoms with E-state index in [2.05, 4.69) is 5.32 Å². The van der Waals surface area contributed by atoms with Crippen molar-refractivity contribution >= 4 is 28.4 Å². The molecule has 0 unspecified atom stereocenters. The van der Waals surface area contributed by atoms with Crippen LogP contribution >= 0.6 is 0 Å². The van der Waals surface area contributed by atoms with Gasteiger partial charge in [-0.25, -0.2) is 4.79 Å². The van der Waals surface area contributed by atoms with Crippen molar-refractivity contribution in [3.63, 3.8) is 0 Å². The summed E-state index contributed by atoms with van der Waals surface area (Å²) < 4.78 is 27.7. The number of hydrogen-bond donors (Lipinski definition) is 1. The summed E-state index contributed by atoms with van der Waals surface area (Å²) in [4.78, 5) is 25.2. The predicted molar refractivity (Wildman–Crippen MR) is 106 cm³/mol. The van der Waals surface area contributed by atoms with Crippen molar-refractivity contribution < 1.29 is 28.0 Å². The van der Waals surface area contributed by atoms with Crippen molar-refractivity contribution in [3.8, 4) is 11.5 Å². The van der Waals surface area contributed by atoms with E-state index in [1.807, 2.05) is 0 Å². The van der Waals surface area contributed by atoms with Gasteiger partial charge in [-0.1, -0.05) is 19.1 Å². The predicted octanol–water partition coefficient (Wildman–Crippen LogP) is 3.02. The van der Waals surface area contributed by atoms with Crippen molar-refractivity contribution in [3.05, 3.63) is 48.0 Å². The highest BCUT2D eigenvalue weighted by molar-refractivity contribution is 7.85. The van der Waals surface area contributed by atoms with Gasteiger partial charge in [-0.2, -0.15) is 0 Å². The van der Waals surface area contributed by atoms with E-state index in [0.717, 1.165) is 0 Å². The lowest BCUT2D eigenvalue weighted by molar-refractivity contribution is -0.123. The molecule has 0 aliphatic heterocycles. The molecule has 1 N–H and O–H groups in total. The Balaban J connectivity index is 2.09. The first-order valence-corrected chi connectivity index (χ1v) is 9.94. The molecule has 0 spiro atoms. The van der Waals surface area contributed by atoms with E-state index in [4.69, 9.17) is 14.2 Å². The Morgan fingerprint density at radius 2 is 1.75 bits per heavy atom. The van der Waals surface area contributed by atoms with Gasteiger partial charge in [0.25, 0.3) is 5.91 Å². The fraction of sp³-hybridized carbons (Fsp3) is 0.300. The highest BCUT2D eigenvalue weighted by atomic mass is 32.2. The second-order valence-electron chi connectivity index (χ2n) is 5.74.